The monoisotopic (exact) mass is 1010 g/mol. The number of aromatic nitrogens is 4. The summed E-state index contributed by atoms with van der Waals surface area (Å²) in [5, 5.41) is 3.63. The van der Waals surface area contributed by atoms with E-state index in [1.165, 1.54) is 33.0 Å². The molecule has 1 radical (unpaired) electrons. The van der Waals surface area contributed by atoms with E-state index in [-0.39, 0.29) is 37.4 Å². The van der Waals surface area contributed by atoms with Crippen LogP contribution in [-0.4, -0.2) is 27.6 Å². The molecule has 62 heavy (non-hydrogen) atoms. The fourth-order valence-electron chi connectivity index (χ4n) is 8.37. The number of nitrogens with zero attached hydrogens (tertiary/aromatic N) is 4. The molecule has 0 amide bonds. The van der Waals surface area contributed by atoms with Gasteiger partial charge in [-0.2, -0.15) is 0 Å². The minimum atomic E-state index is -1.37. The molecular weight excluding hydrogens is 953 g/mol. The van der Waals surface area contributed by atoms with E-state index in [0.29, 0.717) is 5.65 Å². The van der Waals surface area contributed by atoms with E-state index < -0.39 is 8.07 Å². The Morgan fingerprint density at radius 3 is 2.06 bits per heavy atom. The van der Waals surface area contributed by atoms with Crippen LogP contribution in [0.1, 0.15) is 77.0 Å². The fraction of sp³-hybridized carbons (Fsp3) is 0.255. The molecule has 0 aliphatic carbocycles. The molecule has 0 saturated heterocycles. The van der Waals surface area contributed by atoms with Crippen molar-refractivity contribution in [3.63, 3.8) is 0 Å². The summed E-state index contributed by atoms with van der Waals surface area (Å²) in [4.78, 5) is 14.5. The van der Waals surface area contributed by atoms with Crippen LogP contribution >= 0.6 is 0 Å². The van der Waals surface area contributed by atoms with E-state index in [4.69, 9.17) is 14.4 Å². The van der Waals surface area contributed by atoms with E-state index in [0.717, 1.165) is 62.2 Å². The van der Waals surface area contributed by atoms with E-state index in [1.807, 2.05) is 48.5 Å². The van der Waals surface area contributed by atoms with Crippen LogP contribution < -0.4 is 5.19 Å². The number of rotatable bonds is 8. The van der Waals surface area contributed by atoms with Crippen LogP contribution in [0, 0.1) is 17.5 Å². The Morgan fingerprint density at radius 1 is 0.710 bits per heavy atom. The minimum Gasteiger partial charge on any atom is -0.501 e. The molecule has 0 N–H and O–H groups in total. The van der Waals surface area contributed by atoms with E-state index in [1.54, 1.807) is 6.20 Å². The number of pyridine rings is 2. The van der Waals surface area contributed by atoms with Crippen molar-refractivity contribution in [2.45, 2.75) is 86.4 Å². The van der Waals surface area contributed by atoms with E-state index >= 15 is 0 Å². The maximum absolute atomic E-state index is 6.45. The van der Waals surface area contributed by atoms with Gasteiger partial charge in [0.25, 0.3) is 0 Å². The van der Waals surface area contributed by atoms with Crippen LogP contribution in [-0.2, 0) is 26.5 Å². The molecule has 5 nitrogen and oxygen atoms in total. The summed E-state index contributed by atoms with van der Waals surface area (Å²) in [6.45, 7) is 23.1. The normalized spacial score (nSPS) is 11.9. The zero-order valence-corrected chi connectivity index (χ0v) is 41.0. The molecule has 0 spiro atoms. The predicted molar refractivity (Wildman–Crippen MR) is 259 cm³/mol. The summed E-state index contributed by atoms with van der Waals surface area (Å²) >= 11 is 0. The summed E-state index contributed by atoms with van der Waals surface area (Å²) in [7, 11) is -1.37. The van der Waals surface area contributed by atoms with Crippen LogP contribution in [0.2, 0.25) is 19.6 Å². The van der Waals surface area contributed by atoms with Crippen LogP contribution in [0.3, 0.4) is 0 Å². The largest absolute Gasteiger partial charge is 0.501 e. The van der Waals surface area contributed by atoms with Crippen LogP contribution in [0.15, 0.2) is 138 Å². The van der Waals surface area contributed by atoms with Gasteiger partial charge in [0, 0.05) is 43.6 Å². The van der Waals surface area contributed by atoms with Crippen molar-refractivity contribution in [3.05, 3.63) is 163 Å². The topological polar surface area (TPSA) is 56.7 Å². The molecule has 0 fully saturated rings. The predicted octanol–water partition coefficient (Wildman–Crippen LogP) is 14.4. The van der Waals surface area contributed by atoms with Gasteiger partial charge in [-0.15, -0.1) is 54.1 Å². The standard InChI is InChI=1S/C36H30N3O.C19H26NSi.Ir/c1-22(2)29-20-25(24-12-6-5-7-13-24)21-30(23(3)4)33(29)39-31-17-11-19-37-35(31)38-36(39)28-16-10-15-27-26-14-8-9-18-32(26)40-34(27)28;1-19(2,3)13-16-12-17(15-10-8-7-9-11-15)20-14-18(16)21(4,5)6;/h5-15,17-23H,1-4H3;7-10,12,14H,13H2,1-6H3;/q2*-1;. The first-order valence-electron chi connectivity index (χ1n) is 21.5. The van der Waals surface area contributed by atoms with Gasteiger partial charge in [-0.3, -0.25) is 4.98 Å². The molecule has 0 atom stereocenters. The van der Waals surface area contributed by atoms with Gasteiger partial charge in [-0.1, -0.05) is 139 Å². The summed E-state index contributed by atoms with van der Waals surface area (Å²) < 4.78 is 8.74. The molecule has 0 bridgehead atoms. The van der Waals surface area contributed by atoms with Gasteiger partial charge in [-0.25, -0.2) is 4.98 Å². The second kappa shape index (κ2) is 18.1. The average molecular weight is 1010 g/mol. The van der Waals surface area contributed by atoms with Crippen molar-refractivity contribution in [1.82, 2.24) is 19.5 Å². The first-order chi connectivity index (χ1) is 29.2. The van der Waals surface area contributed by atoms with Crippen molar-refractivity contribution < 1.29 is 24.5 Å². The third kappa shape index (κ3) is 9.17. The van der Waals surface area contributed by atoms with Gasteiger partial charge >= 0.3 is 0 Å². The second-order valence-electron chi connectivity index (χ2n) is 19.0. The maximum Gasteiger partial charge on any atom is 0.168 e. The van der Waals surface area contributed by atoms with Crippen molar-refractivity contribution in [1.29, 1.82) is 0 Å². The number of imidazole rings is 1. The van der Waals surface area contributed by atoms with Gasteiger partial charge in [0.1, 0.15) is 5.58 Å². The molecule has 4 aromatic heterocycles. The Kier molecular flexibility index (Phi) is 13.0. The van der Waals surface area contributed by atoms with E-state index in [2.05, 4.69) is 169 Å². The Hall–Kier alpha value is -5.46. The molecule has 0 saturated carbocycles. The fourth-order valence-corrected chi connectivity index (χ4v) is 9.95. The number of furan rings is 1. The number of fused-ring (bicyclic) bond motifs is 4. The van der Waals surface area contributed by atoms with Crippen LogP contribution in [0.4, 0.5) is 0 Å². The van der Waals surface area contributed by atoms with Crippen molar-refractivity contribution in [2.24, 2.45) is 5.41 Å². The number of hydrogen-bond acceptors (Lipinski definition) is 4. The van der Waals surface area contributed by atoms with Gasteiger partial charge < -0.3 is 14.0 Å². The smallest absolute Gasteiger partial charge is 0.168 e. The van der Waals surface area contributed by atoms with Crippen molar-refractivity contribution >= 4 is 46.4 Å². The number of benzene rings is 5. The molecule has 0 aliphatic rings. The molecule has 4 heterocycles. The third-order valence-corrected chi connectivity index (χ3v) is 13.3. The Balaban J connectivity index is 0.000000223. The van der Waals surface area contributed by atoms with E-state index in [9.17, 15) is 0 Å². The Morgan fingerprint density at radius 2 is 1.40 bits per heavy atom. The first-order valence-corrected chi connectivity index (χ1v) is 25.0. The second-order valence-corrected chi connectivity index (χ2v) is 24.0. The quantitative estimate of drug-likeness (QED) is 0.112. The SMILES string of the molecule is CC(C)(C)Cc1cc(-c2[c-]cccc2)ncc1[Si](C)(C)C.CC(C)c1cc(-c2ccccc2)cc(C(C)C)c1-n1c(-c2[c-]ccc3c2oc2ccccc23)nc2ncccc21.[Ir]. The molecule has 7 heteroatoms. The van der Waals surface area contributed by atoms with Crippen molar-refractivity contribution in [3.8, 4) is 39.5 Å². The first kappa shape index (κ1) is 44.6. The zero-order chi connectivity index (χ0) is 43.1. The number of hydrogen-bond donors (Lipinski definition) is 0. The number of para-hydroxylation sites is 1. The van der Waals surface area contributed by atoms with Crippen molar-refractivity contribution in [2.75, 3.05) is 0 Å². The Labute approximate surface area is 382 Å². The van der Waals surface area contributed by atoms with Crippen LogP contribution in [0.25, 0.3) is 72.6 Å². The van der Waals surface area contributed by atoms with Gasteiger partial charge in [0.05, 0.1) is 25.0 Å². The maximum atomic E-state index is 6.45. The molecule has 9 rings (SSSR count). The molecule has 317 valence electrons. The summed E-state index contributed by atoms with van der Waals surface area (Å²) in [5.74, 6) is 1.35. The zero-order valence-electron chi connectivity index (χ0n) is 37.6. The molecule has 0 aliphatic heterocycles. The molecule has 5 aromatic carbocycles. The average Bonchev–Trinajstić information content (AvgIpc) is 3.82. The molecular formula is C55H56IrN4OSi-2. The van der Waals surface area contributed by atoms with Crippen LogP contribution in [0.5, 0.6) is 0 Å². The molecule has 0 unspecified atom stereocenters. The van der Waals surface area contributed by atoms with Gasteiger partial charge in [0.15, 0.2) is 5.65 Å². The third-order valence-electron chi connectivity index (χ3n) is 11.2. The minimum absolute atomic E-state index is 0. The summed E-state index contributed by atoms with van der Waals surface area (Å²) in [6.07, 6.45) is 5.01. The Bertz CT molecular complexity index is 2940. The molecule has 9 aromatic rings. The van der Waals surface area contributed by atoms with Gasteiger partial charge in [-0.05, 0) is 87.1 Å². The summed E-state index contributed by atoms with van der Waals surface area (Å²) in [5.41, 5.74) is 14.2. The van der Waals surface area contributed by atoms with Gasteiger partial charge in [0.2, 0.25) is 0 Å². The summed E-state index contributed by atoms with van der Waals surface area (Å²) in [6, 6.07) is 48.8.